The molecule has 0 aliphatic carbocycles. The van der Waals surface area contributed by atoms with Crippen molar-refractivity contribution in [3.63, 3.8) is 0 Å². The van der Waals surface area contributed by atoms with Crippen molar-refractivity contribution in [2.45, 2.75) is 31.8 Å². The van der Waals surface area contributed by atoms with Gasteiger partial charge in [0.25, 0.3) is 11.8 Å². The molecule has 1 saturated heterocycles. The van der Waals surface area contributed by atoms with Crippen molar-refractivity contribution in [3.8, 4) is 0 Å². The SMILES string of the molecule is CC(C)NC(=O)c1ccccc1NC(=O)c1ccc([C@H]2SCC(=O)N2Cc2ccccc2)cc1. The summed E-state index contributed by atoms with van der Waals surface area (Å²) in [4.78, 5) is 39.7. The number of carbonyl (C=O) groups is 3. The molecule has 1 aliphatic heterocycles. The van der Waals surface area contributed by atoms with Gasteiger partial charge in [-0.05, 0) is 49.2 Å². The zero-order valence-electron chi connectivity index (χ0n) is 19.2. The van der Waals surface area contributed by atoms with Crippen LogP contribution in [0.2, 0.25) is 0 Å². The van der Waals surface area contributed by atoms with Gasteiger partial charge in [-0.2, -0.15) is 0 Å². The number of nitrogens with zero attached hydrogens (tertiary/aromatic N) is 1. The monoisotopic (exact) mass is 473 g/mol. The normalized spacial score (nSPS) is 15.4. The van der Waals surface area contributed by atoms with E-state index in [0.717, 1.165) is 11.1 Å². The van der Waals surface area contributed by atoms with Gasteiger partial charge in [0.15, 0.2) is 0 Å². The van der Waals surface area contributed by atoms with Crippen LogP contribution >= 0.6 is 11.8 Å². The fourth-order valence-corrected chi connectivity index (χ4v) is 4.99. The van der Waals surface area contributed by atoms with Gasteiger partial charge in [0, 0.05) is 18.2 Å². The maximum absolute atomic E-state index is 12.9. The van der Waals surface area contributed by atoms with Crippen LogP contribution in [0, 0.1) is 0 Å². The second-order valence-electron chi connectivity index (χ2n) is 8.42. The number of amides is 3. The molecule has 1 atom stereocenters. The zero-order valence-corrected chi connectivity index (χ0v) is 20.0. The van der Waals surface area contributed by atoms with Crippen LogP contribution < -0.4 is 10.6 Å². The zero-order chi connectivity index (χ0) is 24.1. The maximum atomic E-state index is 12.9. The minimum atomic E-state index is -0.298. The van der Waals surface area contributed by atoms with Crippen LogP contribution in [0.3, 0.4) is 0 Å². The predicted octanol–water partition coefficient (Wildman–Crippen LogP) is 4.85. The second kappa shape index (κ2) is 10.6. The van der Waals surface area contributed by atoms with Crippen LogP contribution in [0.15, 0.2) is 78.9 Å². The van der Waals surface area contributed by atoms with Crippen molar-refractivity contribution < 1.29 is 14.4 Å². The number of para-hydroxylation sites is 1. The van der Waals surface area contributed by atoms with E-state index in [0.29, 0.717) is 29.1 Å². The van der Waals surface area contributed by atoms with Gasteiger partial charge in [-0.25, -0.2) is 0 Å². The molecule has 0 bridgehead atoms. The van der Waals surface area contributed by atoms with E-state index in [1.54, 1.807) is 48.2 Å². The molecule has 4 rings (SSSR count). The number of anilines is 1. The molecule has 7 heteroatoms. The maximum Gasteiger partial charge on any atom is 0.255 e. The molecule has 6 nitrogen and oxygen atoms in total. The van der Waals surface area contributed by atoms with Gasteiger partial charge in [-0.15, -0.1) is 11.8 Å². The quantitative estimate of drug-likeness (QED) is 0.514. The number of benzene rings is 3. The molecule has 0 radical (unpaired) electrons. The molecule has 1 heterocycles. The van der Waals surface area contributed by atoms with Crippen molar-refractivity contribution in [2.24, 2.45) is 0 Å². The third-order valence-corrected chi connectivity index (χ3v) is 6.72. The average Bonchev–Trinajstić information content (AvgIpc) is 3.19. The van der Waals surface area contributed by atoms with Crippen LogP contribution in [0.1, 0.15) is 51.1 Å². The van der Waals surface area contributed by atoms with Gasteiger partial charge in [0.1, 0.15) is 5.37 Å². The second-order valence-corrected chi connectivity index (χ2v) is 9.49. The van der Waals surface area contributed by atoms with Crippen LogP contribution in [-0.2, 0) is 11.3 Å². The highest BCUT2D eigenvalue weighted by Gasteiger charge is 2.32. The molecule has 174 valence electrons. The molecule has 3 amide bonds. The van der Waals surface area contributed by atoms with E-state index in [2.05, 4.69) is 10.6 Å². The van der Waals surface area contributed by atoms with E-state index >= 15 is 0 Å². The third kappa shape index (κ3) is 5.48. The lowest BCUT2D eigenvalue weighted by Crippen LogP contribution is -2.31. The Morgan fingerprint density at radius 2 is 1.62 bits per heavy atom. The molecule has 1 aliphatic rings. The largest absolute Gasteiger partial charge is 0.350 e. The lowest BCUT2D eigenvalue weighted by molar-refractivity contribution is -0.128. The first kappa shape index (κ1) is 23.6. The summed E-state index contributed by atoms with van der Waals surface area (Å²) in [5.74, 6) is 0.0156. The fourth-order valence-electron chi connectivity index (χ4n) is 3.80. The average molecular weight is 474 g/mol. The molecule has 2 N–H and O–H groups in total. The summed E-state index contributed by atoms with van der Waals surface area (Å²) in [5, 5.41) is 5.61. The topological polar surface area (TPSA) is 78.5 Å². The molecule has 0 saturated carbocycles. The Labute approximate surface area is 203 Å². The highest BCUT2D eigenvalue weighted by Crippen LogP contribution is 2.39. The predicted molar refractivity (Wildman–Crippen MR) is 136 cm³/mol. The summed E-state index contributed by atoms with van der Waals surface area (Å²) in [6, 6.07) is 24.1. The van der Waals surface area contributed by atoms with Crippen molar-refractivity contribution in [2.75, 3.05) is 11.1 Å². The van der Waals surface area contributed by atoms with Crippen molar-refractivity contribution in [1.82, 2.24) is 10.2 Å². The number of hydrogen-bond donors (Lipinski definition) is 2. The van der Waals surface area contributed by atoms with E-state index in [1.807, 2.05) is 61.2 Å². The number of hydrogen-bond acceptors (Lipinski definition) is 4. The van der Waals surface area contributed by atoms with E-state index < -0.39 is 0 Å². The molecule has 3 aromatic rings. The smallest absolute Gasteiger partial charge is 0.255 e. The van der Waals surface area contributed by atoms with E-state index in [-0.39, 0.29) is 29.1 Å². The minimum Gasteiger partial charge on any atom is -0.350 e. The molecule has 0 unspecified atom stereocenters. The van der Waals surface area contributed by atoms with E-state index in [4.69, 9.17) is 0 Å². The Morgan fingerprint density at radius 3 is 2.32 bits per heavy atom. The van der Waals surface area contributed by atoms with Crippen molar-refractivity contribution in [1.29, 1.82) is 0 Å². The lowest BCUT2D eigenvalue weighted by Gasteiger charge is -2.24. The number of rotatable bonds is 7. The van der Waals surface area contributed by atoms with Crippen molar-refractivity contribution in [3.05, 3.63) is 101 Å². The highest BCUT2D eigenvalue weighted by molar-refractivity contribution is 8.00. The van der Waals surface area contributed by atoms with Crippen LogP contribution in [0.5, 0.6) is 0 Å². The summed E-state index contributed by atoms with van der Waals surface area (Å²) < 4.78 is 0. The molecular weight excluding hydrogens is 446 g/mol. The van der Waals surface area contributed by atoms with Gasteiger partial charge in [-0.1, -0.05) is 54.6 Å². The highest BCUT2D eigenvalue weighted by atomic mass is 32.2. The van der Waals surface area contributed by atoms with Crippen LogP contribution in [-0.4, -0.2) is 34.4 Å². The first-order chi connectivity index (χ1) is 16.4. The molecule has 0 aromatic heterocycles. The summed E-state index contributed by atoms with van der Waals surface area (Å²) in [6.07, 6.45) is 0. The van der Waals surface area contributed by atoms with E-state index in [9.17, 15) is 14.4 Å². The van der Waals surface area contributed by atoms with E-state index in [1.165, 1.54) is 0 Å². The Morgan fingerprint density at radius 1 is 0.941 bits per heavy atom. The molecule has 3 aromatic carbocycles. The number of nitrogens with one attached hydrogen (secondary N) is 2. The Balaban J connectivity index is 1.47. The summed E-state index contributed by atoms with van der Waals surface area (Å²) in [6.45, 7) is 4.32. The minimum absolute atomic E-state index is 0.00871. The van der Waals surface area contributed by atoms with Gasteiger partial charge >= 0.3 is 0 Å². The fraction of sp³-hybridized carbons (Fsp3) is 0.222. The molecule has 1 fully saturated rings. The lowest BCUT2D eigenvalue weighted by atomic mass is 10.1. The number of carbonyl (C=O) groups excluding carboxylic acids is 3. The first-order valence-corrected chi connectivity index (χ1v) is 12.2. The molecular formula is C27H27N3O3S. The van der Waals surface area contributed by atoms with Crippen molar-refractivity contribution >= 4 is 35.2 Å². The Bertz CT molecular complexity index is 1180. The Hall–Kier alpha value is -3.58. The van der Waals surface area contributed by atoms with Gasteiger partial charge < -0.3 is 15.5 Å². The van der Waals surface area contributed by atoms with Gasteiger partial charge in [0.2, 0.25) is 5.91 Å². The molecule has 34 heavy (non-hydrogen) atoms. The standard InChI is InChI=1S/C27H27N3O3S/c1-18(2)28-26(33)22-10-6-7-11-23(22)29-25(32)20-12-14-21(15-13-20)27-30(24(31)17-34-27)16-19-8-4-3-5-9-19/h3-15,18,27H,16-17H2,1-2H3,(H,28,33)(H,29,32)/t27-/m1/s1. The first-order valence-electron chi connectivity index (χ1n) is 11.2. The summed E-state index contributed by atoms with van der Waals surface area (Å²) in [5.41, 5.74) is 3.41. The van der Waals surface area contributed by atoms with Crippen LogP contribution in [0.4, 0.5) is 5.69 Å². The van der Waals surface area contributed by atoms with Crippen LogP contribution in [0.25, 0.3) is 0 Å². The summed E-state index contributed by atoms with van der Waals surface area (Å²) >= 11 is 1.59. The number of thioether (sulfide) groups is 1. The molecule has 0 spiro atoms. The third-order valence-electron chi connectivity index (χ3n) is 5.46. The van der Waals surface area contributed by atoms with Gasteiger partial charge in [-0.3, -0.25) is 14.4 Å². The Kier molecular flexibility index (Phi) is 7.33. The summed E-state index contributed by atoms with van der Waals surface area (Å²) in [7, 11) is 0. The van der Waals surface area contributed by atoms with Gasteiger partial charge in [0.05, 0.1) is 17.0 Å².